The molecular weight excluding hydrogens is 358 g/mol. The molecule has 1 saturated heterocycles. The van der Waals surface area contributed by atoms with E-state index in [1.165, 1.54) is 6.07 Å². The number of ether oxygens (including phenoxy) is 1. The predicted octanol–water partition coefficient (Wildman–Crippen LogP) is 3.10. The molecule has 0 N–H and O–H groups in total. The van der Waals surface area contributed by atoms with Gasteiger partial charge in [-0.25, -0.2) is 0 Å². The number of nitro groups is 1. The van der Waals surface area contributed by atoms with Crippen molar-refractivity contribution in [2.45, 2.75) is 26.0 Å². The van der Waals surface area contributed by atoms with Gasteiger partial charge >= 0.3 is 0 Å². The van der Waals surface area contributed by atoms with Crippen LogP contribution in [0.25, 0.3) is 0 Å². The number of non-ortho nitro benzene ring substituents is 1. The van der Waals surface area contributed by atoms with Crippen LogP contribution >= 0.6 is 0 Å². The van der Waals surface area contributed by atoms with Crippen LogP contribution in [0.3, 0.4) is 0 Å². The number of hydrogen-bond donors (Lipinski definition) is 0. The Kier molecular flexibility index (Phi) is 6.60. The number of para-hydroxylation sites is 1. The Balaban J connectivity index is 1.55. The number of benzene rings is 2. The first-order valence-corrected chi connectivity index (χ1v) is 9.49. The van der Waals surface area contributed by atoms with Gasteiger partial charge in [0.25, 0.3) is 11.6 Å². The monoisotopic (exact) mass is 383 g/mol. The Morgan fingerprint density at radius 2 is 1.89 bits per heavy atom. The molecule has 0 aromatic heterocycles. The summed E-state index contributed by atoms with van der Waals surface area (Å²) >= 11 is 0. The fourth-order valence-electron chi connectivity index (χ4n) is 3.39. The van der Waals surface area contributed by atoms with Crippen molar-refractivity contribution in [3.05, 3.63) is 70.3 Å². The van der Waals surface area contributed by atoms with E-state index in [1.54, 1.807) is 19.1 Å². The van der Waals surface area contributed by atoms with Gasteiger partial charge in [-0.15, -0.1) is 0 Å². The summed E-state index contributed by atoms with van der Waals surface area (Å²) in [6.07, 6.45) is 0.323. The molecule has 7 nitrogen and oxygen atoms in total. The molecule has 28 heavy (non-hydrogen) atoms. The molecule has 1 heterocycles. The summed E-state index contributed by atoms with van der Waals surface area (Å²) in [6.45, 7) is 5.30. The zero-order valence-corrected chi connectivity index (χ0v) is 16.0. The minimum Gasteiger partial charge on any atom is -0.481 e. The first-order chi connectivity index (χ1) is 13.5. The Morgan fingerprint density at radius 1 is 1.11 bits per heavy atom. The van der Waals surface area contributed by atoms with Crippen LogP contribution in [0.15, 0.2) is 54.6 Å². The lowest BCUT2D eigenvalue weighted by molar-refractivity contribution is -0.384. The topological polar surface area (TPSA) is 75.9 Å². The van der Waals surface area contributed by atoms with E-state index in [1.807, 2.05) is 41.3 Å². The van der Waals surface area contributed by atoms with Crippen molar-refractivity contribution in [2.24, 2.45) is 0 Å². The van der Waals surface area contributed by atoms with E-state index in [0.717, 1.165) is 25.1 Å². The van der Waals surface area contributed by atoms with Gasteiger partial charge in [-0.3, -0.25) is 19.8 Å². The van der Waals surface area contributed by atoms with Crippen LogP contribution in [0, 0.1) is 10.1 Å². The maximum absolute atomic E-state index is 12.7. The fraction of sp³-hybridized carbons (Fsp3) is 0.381. The molecule has 3 rings (SSSR count). The number of hydrogen-bond acceptors (Lipinski definition) is 5. The van der Waals surface area contributed by atoms with Gasteiger partial charge in [0.15, 0.2) is 6.10 Å². The van der Waals surface area contributed by atoms with Gasteiger partial charge in [0.05, 0.1) is 4.92 Å². The van der Waals surface area contributed by atoms with Gasteiger partial charge in [-0.2, -0.15) is 0 Å². The zero-order valence-electron chi connectivity index (χ0n) is 16.0. The number of rotatable bonds is 6. The molecule has 1 aliphatic rings. The quantitative estimate of drug-likeness (QED) is 0.566. The Hall–Kier alpha value is -2.93. The smallest absolute Gasteiger partial charge is 0.269 e. The number of carbonyl (C=O) groups is 1. The summed E-state index contributed by atoms with van der Waals surface area (Å²) < 4.78 is 5.76. The Labute approximate surface area is 164 Å². The molecule has 1 aliphatic heterocycles. The van der Waals surface area contributed by atoms with Crippen LogP contribution in [0.5, 0.6) is 5.75 Å². The van der Waals surface area contributed by atoms with Gasteiger partial charge in [0.2, 0.25) is 0 Å². The molecule has 1 amide bonds. The second-order valence-electron chi connectivity index (χ2n) is 6.96. The number of nitro benzene ring substituents is 1. The van der Waals surface area contributed by atoms with Crippen molar-refractivity contribution in [3.8, 4) is 5.75 Å². The molecule has 0 aliphatic carbocycles. The lowest BCUT2D eigenvalue weighted by Gasteiger charge is -2.25. The maximum atomic E-state index is 12.7. The number of carbonyl (C=O) groups excluding carboxylic acids is 1. The summed E-state index contributed by atoms with van der Waals surface area (Å²) in [4.78, 5) is 27.4. The minimum atomic E-state index is -0.536. The average molecular weight is 383 g/mol. The maximum Gasteiger partial charge on any atom is 0.269 e. The lowest BCUT2D eigenvalue weighted by Crippen LogP contribution is -2.42. The van der Waals surface area contributed by atoms with E-state index in [2.05, 4.69) is 4.90 Å². The van der Waals surface area contributed by atoms with Crippen LogP contribution in [-0.2, 0) is 11.3 Å². The highest BCUT2D eigenvalue weighted by atomic mass is 16.6. The summed E-state index contributed by atoms with van der Waals surface area (Å²) in [5.74, 6) is 0.673. The average Bonchev–Trinajstić information content (AvgIpc) is 2.94. The third-order valence-electron chi connectivity index (χ3n) is 4.83. The van der Waals surface area contributed by atoms with Gasteiger partial charge < -0.3 is 9.64 Å². The molecule has 0 bridgehead atoms. The van der Waals surface area contributed by atoms with Crippen LogP contribution in [0.1, 0.15) is 18.9 Å². The van der Waals surface area contributed by atoms with E-state index in [0.29, 0.717) is 25.4 Å². The SMILES string of the molecule is CC(Oc1ccccc1)C(=O)N1CCCN(Cc2cccc([N+](=O)[O-])c2)CC1. The highest BCUT2D eigenvalue weighted by molar-refractivity contribution is 5.81. The van der Waals surface area contributed by atoms with E-state index in [-0.39, 0.29) is 16.5 Å². The molecule has 0 radical (unpaired) electrons. The van der Waals surface area contributed by atoms with Crippen molar-refractivity contribution >= 4 is 11.6 Å². The second-order valence-corrected chi connectivity index (χ2v) is 6.96. The van der Waals surface area contributed by atoms with Gasteiger partial charge in [-0.05, 0) is 31.0 Å². The van der Waals surface area contributed by atoms with Crippen molar-refractivity contribution < 1.29 is 14.5 Å². The van der Waals surface area contributed by atoms with Crippen molar-refractivity contribution in [1.82, 2.24) is 9.80 Å². The number of amides is 1. The van der Waals surface area contributed by atoms with Gasteiger partial charge in [-0.1, -0.05) is 30.3 Å². The molecule has 2 aromatic rings. The van der Waals surface area contributed by atoms with Crippen molar-refractivity contribution in [3.63, 3.8) is 0 Å². The third kappa shape index (κ3) is 5.29. The normalized spacial score (nSPS) is 16.2. The van der Waals surface area contributed by atoms with E-state index >= 15 is 0 Å². The second kappa shape index (κ2) is 9.32. The van der Waals surface area contributed by atoms with E-state index in [4.69, 9.17) is 4.74 Å². The molecule has 0 saturated carbocycles. The van der Waals surface area contributed by atoms with E-state index in [9.17, 15) is 14.9 Å². The molecule has 1 unspecified atom stereocenters. The van der Waals surface area contributed by atoms with Crippen LogP contribution in [0.4, 0.5) is 5.69 Å². The Bertz CT molecular complexity index is 812. The van der Waals surface area contributed by atoms with Crippen LogP contribution < -0.4 is 4.74 Å². The number of nitrogens with zero attached hydrogens (tertiary/aromatic N) is 3. The third-order valence-corrected chi connectivity index (χ3v) is 4.83. The van der Waals surface area contributed by atoms with Crippen LogP contribution in [0.2, 0.25) is 0 Å². The van der Waals surface area contributed by atoms with Gasteiger partial charge in [0, 0.05) is 44.9 Å². The molecule has 7 heteroatoms. The largest absolute Gasteiger partial charge is 0.481 e. The summed E-state index contributed by atoms with van der Waals surface area (Å²) in [7, 11) is 0. The predicted molar refractivity (Wildman–Crippen MR) is 106 cm³/mol. The lowest BCUT2D eigenvalue weighted by atomic mass is 10.2. The molecule has 1 fully saturated rings. The Morgan fingerprint density at radius 3 is 2.64 bits per heavy atom. The standard InChI is InChI=1S/C21H25N3O4/c1-17(28-20-9-3-2-4-10-20)21(25)23-12-6-11-22(13-14-23)16-18-7-5-8-19(15-18)24(26)27/h2-5,7-10,15,17H,6,11-14,16H2,1H3. The summed E-state index contributed by atoms with van der Waals surface area (Å²) in [6, 6.07) is 16.1. The van der Waals surface area contributed by atoms with Gasteiger partial charge in [0.1, 0.15) is 5.75 Å². The van der Waals surface area contributed by atoms with Crippen molar-refractivity contribution in [2.75, 3.05) is 26.2 Å². The first kappa shape index (κ1) is 19.8. The zero-order chi connectivity index (χ0) is 19.9. The molecular formula is C21H25N3O4. The molecule has 148 valence electrons. The molecule has 0 spiro atoms. The summed E-state index contributed by atoms with van der Waals surface area (Å²) in [5, 5.41) is 10.9. The highest BCUT2D eigenvalue weighted by Gasteiger charge is 2.24. The molecule has 1 atom stereocenters. The van der Waals surface area contributed by atoms with Crippen molar-refractivity contribution in [1.29, 1.82) is 0 Å². The van der Waals surface area contributed by atoms with Crippen LogP contribution in [-0.4, -0.2) is 52.9 Å². The first-order valence-electron chi connectivity index (χ1n) is 9.49. The minimum absolute atomic E-state index is 0.0129. The fourth-order valence-corrected chi connectivity index (χ4v) is 3.39. The van der Waals surface area contributed by atoms with E-state index < -0.39 is 6.10 Å². The molecule has 2 aromatic carbocycles. The summed E-state index contributed by atoms with van der Waals surface area (Å²) in [5.41, 5.74) is 1.02. The highest BCUT2D eigenvalue weighted by Crippen LogP contribution is 2.17.